The van der Waals surface area contributed by atoms with E-state index in [4.69, 9.17) is 4.74 Å². The summed E-state index contributed by atoms with van der Waals surface area (Å²) in [6.07, 6.45) is -2.86. The van der Waals surface area contributed by atoms with E-state index in [1.165, 1.54) is 12.1 Å². The van der Waals surface area contributed by atoms with Gasteiger partial charge >= 0.3 is 6.18 Å². The number of alkyl halides is 3. The molecule has 3 aromatic rings. The van der Waals surface area contributed by atoms with E-state index in [0.29, 0.717) is 55.0 Å². The Kier molecular flexibility index (Phi) is 5.90. The van der Waals surface area contributed by atoms with Gasteiger partial charge in [0.15, 0.2) is 11.6 Å². The molecule has 34 heavy (non-hydrogen) atoms. The highest BCUT2D eigenvalue weighted by Gasteiger charge is 2.32. The van der Waals surface area contributed by atoms with E-state index in [2.05, 4.69) is 4.90 Å². The summed E-state index contributed by atoms with van der Waals surface area (Å²) >= 11 is 0. The molecule has 5 rings (SSSR count). The largest absolute Gasteiger partial charge is 0.492 e. The molecule has 0 aromatic heterocycles. The van der Waals surface area contributed by atoms with E-state index < -0.39 is 11.7 Å². The van der Waals surface area contributed by atoms with Gasteiger partial charge in [-0.05, 0) is 59.5 Å². The molecular weight excluding hydrogens is 443 g/mol. The van der Waals surface area contributed by atoms with Crippen molar-refractivity contribution in [2.45, 2.75) is 31.4 Å². The molecule has 1 fully saturated rings. The van der Waals surface area contributed by atoms with Crippen LogP contribution in [0.5, 0.6) is 5.75 Å². The standard InChI is InChI=1S/C27H24F3NO3/c28-27(29,30)22-3-1-2-17(13-22)20-6-9-31(16-20)10-7-24(32)19-5-4-18-14-23-25(33)8-11-34-26(23)15-21(18)12-19/h1-5,12-15,20H,6-11,16H2. The quantitative estimate of drug-likeness (QED) is 0.439. The molecule has 3 aromatic carbocycles. The van der Waals surface area contributed by atoms with Crippen LogP contribution in [0, 0.1) is 0 Å². The molecule has 0 spiro atoms. The van der Waals surface area contributed by atoms with Gasteiger partial charge < -0.3 is 9.64 Å². The number of hydrogen-bond acceptors (Lipinski definition) is 4. The summed E-state index contributed by atoms with van der Waals surface area (Å²) in [6, 6.07) is 14.6. The third-order valence-corrected chi connectivity index (χ3v) is 6.76. The number of likely N-dealkylation sites (tertiary alicyclic amines) is 1. The lowest BCUT2D eigenvalue weighted by Gasteiger charge is -2.18. The fourth-order valence-corrected chi connectivity index (χ4v) is 4.86. The topological polar surface area (TPSA) is 46.6 Å². The van der Waals surface area contributed by atoms with Gasteiger partial charge in [-0.15, -0.1) is 0 Å². The Hall–Kier alpha value is -3.19. The lowest BCUT2D eigenvalue weighted by atomic mass is 9.96. The molecule has 0 bridgehead atoms. The van der Waals surface area contributed by atoms with Crippen LogP contribution in [-0.4, -0.2) is 42.7 Å². The predicted octanol–water partition coefficient (Wildman–Crippen LogP) is 5.89. The summed E-state index contributed by atoms with van der Waals surface area (Å²) in [4.78, 5) is 27.1. The molecule has 7 heteroatoms. The number of halogens is 3. The Balaban J connectivity index is 1.23. The van der Waals surface area contributed by atoms with Crippen LogP contribution in [0.2, 0.25) is 0 Å². The highest BCUT2D eigenvalue weighted by molar-refractivity contribution is 6.05. The first-order valence-electron chi connectivity index (χ1n) is 11.4. The summed E-state index contributed by atoms with van der Waals surface area (Å²) in [5.74, 6) is 0.675. The smallest absolute Gasteiger partial charge is 0.416 e. The fraction of sp³-hybridized carbons (Fsp3) is 0.333. The third-order valence-electron chi connectivity index (χ3n) is 6.76. The Morgan fingerprint density at radius 2 is 1.91 bits per heavy atom. The minimum absolute atomic E-state index is 0.0131. The molecule has 4 nitrogen and oxygen atoms in total. The van der Waals surface area contributed by atoms with Gasteiger partial charge in [-0.1, -0.05) is 30.3 Å². The molecule has 2 heterocycles. The number of benzene rings is 3. The van der Waals surface area contributed by atoms with Crippen molar-refractivity contribution in [1.82, 2.24) is 4.90 Å². The van der Waals surface area contributed by atoms with Crippen LogP contribution in [0.4, 0.5) is 13.2 Å². The molecule has 0 saturated carbocycles. The van der Waals surface area contributed by atoms with Crippen molar-refractivity contribution in [1.29, 1.82) is 0 Å². The van der Waals surface area contributed by atoms with Crippen molar-refractivity contribution in [3.05, 3.63) is 76.9 Å². The maximum absolute atomic E-state index is 13.0. The van der Waals surface area contributed by atoms with E-state index in [1.54, 1.807) is 12.1 Å². The van der Waals surface area contributed by atoms with Gasteiger partial charge in [-0.3, -0.25) is 9.59 Å². The van der Waals surface area contributed by atoms with Crippen molar-refractivity contribution in [3.63, 3.8) is 0 Å². The van der Waals surface area contributed by atoms with Crippen LogP contribution >= 0.6 is 0 Å². The molecule has 2 aliphatic heterocycles. The van der Waals surface area contributed by atoms with Crippen molar-refractivity contribution >= 4 is 22.3 Å². The van der Waals surface area contributed by atoms with Gasteiger partial charge in [0.05, 0.1) is 17.7 Å². The summed E-state index contributed by atoms with van der Waals surface area (Å²) in [7, 11) is 0. The second kappa shape index (κ2) is 8.87. The lowest BCUT2D eigenvalue weighted by Crippen LogP contribution is -2.23. The molecule has 1 unspecified atom stereocenters. The molecule has 1 atom stereocenters. The van der Waals surface area contributed by atoms with Crippen LogP contribution in [0.15, 0.2) is 54.6 Å². The zero-order valence-corrected chi connectivity index (χ0v) is 18.5. The SMILES string of the molecule is O=C(CCN1CCC(c2cccc(C(F)(F)F)c2)C1)c1ccc2cc3c(cc2c1)OCCC3=O. The fourth-order valence-electron chi connectivity index (χ4n) is 4.86. The van der Waals surface area contributed by atoms with Crippen molar-refractivity contribution in [3.8, 4) is 5.75 Å². The Labute approximate surface area is 195 Å². The maximum atomic E-state index is 13.0. The average molecular weight is 467 g/mol. The van der Waals surface area contributed by atoms with E-state index in [-0.39, 0.29) is 17.5 Å². The van der Waals surface area contributed by atoms with Crippen LogP contribution in [0.1, 0.15) is 57.0 Å². The number of ether oxygens (including phenoxy) is 1. The molecule has 0 amide bonds. The zero-order valence-electron chi connectivity index (χ0n) is 18.5. The number of hydrogen-bond donors (Lipinski definition) is 0. The molecule has 176 valence electrons. The first-order chi connectivity index (χ1) is 16.3. The van der Waals surface area contributed by atoms with Gasteiger partial charge in [0.25, 0.3) is 0 Å². The van der Waals surface area contributed by atoms with Crippen molar-refractivity contribution in [2.24, 2.45) is 0 Å². The van der Waals surface area contributed by atoms with E-state index in [0.717, 1.165) is 29.8 Å². The molecule has 1 saturated heterocycles. The first-order valence-corrected chi connectivity index (χ1v) is 11.4. The zero-order chi connectivity index (χ0) is 23.9. The average Bonchev–Trinajstić information content (AvgIpc) is 3.30. The van der Waals surface area contributed by atoms with Gasteiger partial charge in [0.2, 0.25) is 0 Å². The summed E-state index contributed by atoms with van der Waals surface area (Å²) in [5.41, 5.74) is 1.26. The Morgan fingerprint density at radius 3 is 2.74 bits per heavy atom. The highest BCUT2D eigenvalue weighted by atomic mass is 19.4. The second-order valence-corrected chi connectivity index (χ2v) is 9.01. The van der Waals surface area contributed by atoms with E-state index in [1.807, 2.05) is 24.3 Å². The monoisotopic (exact) mass is 467 g/mol. The summed E-state index contributed by atoms with van der Waals surface area (Å²) in [6.45, 7) is 2.33. The van der Waals surface area contributed by atoms with Crippen LogP contribution in [0.3, 0.4) is 0 Å². The number of Topliss-reactive ketones (excluding diaryl/α,β-unsaturated/α-hetero) is 2. The predicted molar refractivity (Wildman–Crippen MR) is 123 cm³/mol. The Bertz CT molecular complexity index is 1270. The minimum atomic E-state index is -4.35. The normalized spacial score (nSPS) is 18.7. The summed E-state index contributed by atoms with van der Waals surface area (Å²) in [5, 5.41) is 1.74. The first kappa shape index (κ1) is 22.6. The second-order valence-electron chi connectivity index (χ2n) is 9.01. The number of rotatable bonds is 5. The Morgan fingerprint density at radius 1 is 1.06 bits per heavy atom. The van der Waals surface area contributed by atoms with Gasteiger partial charge in [0.1, 0.15) is 5.75 Å². The third kappa shape index (κ3) is 4.57. The number of ketones is 2. The van der Waals surface area contributed by atoms with E-state index in [9.17, 15) is 22.8 Å². The summed E-state index contributed by atoms with van der Waals surface area (Å²) < 4.78 is 44.7. The molecule has 0 aliphatic carbocycles. The maximum Gasteiger partial charge on any atom is 0.416 e. The molecule has 0 radical (unpaired) electrons. The van der Waals surface area contributed by atoms with Gasteiger partial charge in [0, 0.05) is 31.5 Å². The van der Waals surface area contributed by atoms with Gasteiger partial charge in [-0.2, -0.15) is 13.2 Å². The molecular formula is C27H24F3NO3. The van der Waals surface area contributed by atoms with Crippen LogP contribution in [-0.2, 0) is 6.18 Å². The van der Waals surface area contributed by atoms with Crippen LogP contribution < -0.4 is 4.74 Å². The molecule has 2 aliphatic rings. The highest BCUT2D eigenvalue weighted by Crippen LogP contribution is 2.34. The number of nitrogens with zero attached hydrogens (tertiary/aromatic N) is 1. The van der Waals surface area contributed by atoms with Crippen molar-refractivity contribution < 1.29 is 27.5 Å². The lowest BCUT2D eigenvalue weighted by molar-refractivity contribution is -0.137. The van der Waals surface area contributed by atoms with E-state index >= 15 is 0 Å². The number of fused-ring (bicyclic) bond motifs is 2. The minimum Gasteiger partial charge on any atom is -0.492 e. The number of carbonyl (C=O) groups excluding carboxylic acids is 2. The molecule has 0 N–H and O–H groups in total. The van der Waals surface area contributed by atoms with Crippen LogP contribution in [0.25, 0.3) is 10.8 Å². The number of carbonyl (C=O) groups is 2. The van der Waals surface area contributed by atoms with Gasteiger partial charge in [-0.25, -0.2) is 0 Å². The van der Waals surface area contributed by atoms with Crippen molar-refractivity contribution in [2.75, 3.05) is 26.2 Å².